The van der Waals surface area contributed by atoms with Gasteiger partial charge in [-0.1, -0.05) is 64.0 Å². The SMILES string of the molecule is Cc1cc(Br)c(C(=O)C2CCCCCCC2)cc1Br. The van der Waals surface area contributed by atoms with Gasteiger partial charge >= 0.3 is 0 Å². The standard InChI is InChI=1S/C16H20Br2O/c1-11-9-15(18)13(10-14(11)17)16(19)12-7-5-3-2-4-6-8-12/h9-10,12H,2-8H2,1H3. The molecule has 1 aliphatic carbocycles. The molecule has 3 heteroatoms. The highest BCUT2D eigenvalue weighted by Crippen LogP contribution is 2.31. The molecule has 0 N–H and O–H groups in total. The molecule has 1 nitrogen and oxygen atoms in total. The molecule has 0 radical (unpaired) electrons. The highest BCUT2D eigenvalue weighted by Gasteiger charge is 2.23. The number of ketones is 1. The molecule has 0 atom stereocenters. The number of hydrogen-bond donors (Lipinski definition) is 0. The third kappa shape index (κ3) is 3.91. The number of hydrogen-bond acceptors (Lipinski definition) is 1. The molecule has 19 heavy (non-hydrogen) atoms. The van der Waals surface area contributed by atoms with Gasteiger partial charge in [0.25, 0.3) is 0 Å². The molecule has 1 aromatic carbocycles. The van der Waals surface area contributed by atoms with Crippen LogP contribution in [0.3, 0.4) is 0 Å². The molecule has 1 aromatic rings. The van der Waals surface area contributed by atoms with Crippen molar-refractivity contribution in [2.75, 3.05) is 0 Å². The first kappa shape index (κ1) is 15.2. The fourth-order valence-corrected chi connectivity index (χ4v) is 3.77. The van der Waals surface area contributed by atoms with Crippen molar-refractivity contribution in [3.05, 3.63) is 32.2 Å². The van der Waals surface area contributed by atoms with Gasteiger partial charge in [-0.25, -0.2) is 0 Å². The molecule has 1 aliphatic rings. The zero-order valence-corrected chi connectivity index (χ0v) is 14.5. The van der Waals surface area contributed by atoms with E-state index in [1.807, 2.05) is 19.1 Å². The number of carbonyl (C=O) groups excluding carboxylic acids is 1. The van der Waals surface area contributed by atoms with Crippen molar-refractivity contribution in [1.29, 1.82) is 0 Å². The summed E-state index contributed by atoms with van der Waals surface area (Å²) in [5, 5.41) is 0. The molecule has 0 saturated heterocycles. The number of halogens is 2. The Balaban J connectivity index is 2.20. The average molecular weight is 388 g/mol. The summed E-state index contributed by atoms with van der Waals surface area (Å²) in [5.74, 6) is 0.528. The lowest BCUT2D eigenvalue weighted by Crippen LogP contribution is -2.17. The Hall–Kier alpha value is -0.150. The fraction of sp³-hybridized carbons (Fsp3) is 0.562. The van der Waals surface area contributed by atoms with Crippen LogP contribution in [0.5, 0.6) is 0 Å². The second kappa shape index (κ2) is 7.03. The van der Waals surface area contributed by atoms with Crippen LogP contribution in [0.25, 0.3) is 0 Å². The molecular weight excluding hydrogens is 368 g/mol. The maximum absolute atomic E-state index is 12.7. The van der Waals surface area contributed by atoms with Gasteiger partial charge in [0.15, 0.2) is 5.78 Å². The van der Waals surface area contributed by atoms with Crippen molar-refractivity contribution in [3.63, 3.8) is 0 Å². The molecule has 0 heterocycles. The zero-order chi connectivity index (χ0) is 13.8. The minimum Gasteiger partial charge on any atom is -0.294 e. The molecule has 0 aromatic heterocycles. The predicted molar refractivity (Wildman–Crippen MR) is 86.7 cm³/mol. The van der Waals surface area contributed by atoms with Crippen LogP contribution in [0, 0.1) is 12.8 Å². The van der Waals surface area contributed by atoms with Crippen LogP contribution in [0.15, 0.2) is 21.1 Å². The quantitative estimate of drug-likeness (QED) is 0.563. The lowest BCUT2D eigenvalue weighted by molar-refractivity contribution is 0.0897. The van der Waals surface area contributed by atoms with Crippen molar-refractivity contribution >= 4 is 37.6 Å². The average Bonchev–Trinajstić information content (AvgIpc) is 2.32. The fourth-order valence-electron chi connectivity index (χ4n) is 2.77. The van der Waals surface area contributed by atoms with E-state index in [0.717, 1.165) is 32.9 Å². The summed E-state index contributed by atoms with van der Waals surface area (Å²) in [4.78, 5) is 12.7. The smallest absolute Gasteiger partial charge is 0.167 e. The lowest BCUT2D eigenvalue weighted by Gasteiger charge is -2.19. The molecule has 104 valence electrons. The van der Waals surface area contributed by atoms with Gasteiger partial charge in [-0.15, -0.1) is 0 Å². The van der Waals surface area contributed by atoms with E-state index >= 15 is 0 Å². The Labute approximate surface area is 132 Å². The number of aryl methyl sites for hydroxylation is 1. The van der Waals surface area contributed by atoms with Gasteiger partial charge in [0.1, 0.15) is 0 Å². The minimum absolute atomic E-state index is 0.214. The molecule has 0 aliphatic heterocycles. The Morgan fingerprint density at radius 2 is 1.58 bits per heavy atom. The molecule has 1 fully saturated rings. The predicted octanol–water partition coefficient (Wildman–Crippen LogP) is 6.06. The summed E-state index contributed by atoms with van der Waals surface area (Å²) in [6.45, 7) is 2.04. The van der Waals surface area contributed by atoms with Crippen molar-refractivity contribution in [3.8, 4) is 0 Å². The highest BCUT2D eigenvalue weighted by molar-refractivity contribution is 9.11. The van der Waals surface area contributed by atoms with Gasteiger partial charge in [-0.05, 0) is 37.5 Å². The molecule has 0 spiro atoms. The molecule has 0 unspecified atom stereocenters. The molecule has 0 amide bonds. The van der Waals surface area contributed by atoms with Crippen LogP contribution in [-0.4, -0.2) is 5.78 Å². The summed E-state index contributed by atoms with van der Waals surface area (Å²) in [6.07, 6.45) is 8.39. The summed E-state index contributed by atoms with van der Waals surface area (Å²) in [5.41, 5.74) is 1.99. The van der Waals surface area contributed by atoms with E-state index in [2.05, 4.69) is 31.9 Å². The Kier molecular flexibility index (Phi) is 5.64. The second-order valence-electron chi connectivity index (χ2n) is 5.49. The zero-order valence-electron chi connectivity index (χ0n) is 11.3. The first-order valence-electron chi connectivity index (χ1n) is 7.09. The Bertz CT molecular complexity index is 460. The topological polar surface area (TPSA) is 17.1 Å². The maximum Gasteiger partial charge on any atom is 0.167 e. The number of benzene rings is 1. The van der Waals surface area contributed by atoms with Crippen LogP contribution < -0.4 is 0 Å². The van der Waals surface area contributed by atoms with E-state index in [1.54, 1.807) is 0 Å². The van der Waals surface area contributed by atoms with Crippen molar-refractivity contribution in [1.82, 2.24) is 0 Å². The number of rotatable bonds is 2. The molecule has 1 saturated carbocycles. The van der Waals surface area contributed by atoms with Crippen LogP contribution >= 0.6 is 31.9 Å². The second-order valence-corrected chi connectivity index (χ2v) is 7.20. The third-order valence-electron chi connectivity index (χ3n) is 3.99. The highest BCUT2D eigenvalue weighted by atomic mass is 79.9. The normalized spacial score (nSPS) is 17.8. The van der Waals surface area contributed by atoms with E-state index in [9.17, 15) is 4.79 Å². The number of Topliss-reactive ketones (excluding diaryl/α,β-unsaturated/α-hetero) is 1. The van der Waals surface area contributed by atoms with E-state index in [4.69, 9.17) is 0 Å². The van der Waals surface area contributed by atoms with Crippen molar-refractivity contribution in [2.45, 2.75) is 51.9 Å². The van der Waals surface area contributed by atoms with Gasteiger partial charge in [-0.3, -0.25) is 4.79 Å². The lowest BCUT2D eigenvalue weighted by atomic mass is 9.85. The minimum atomic E-state index is 0.214. The van der Waals surface area contributed by atoms with E-state index in [1.165, 1.54) is 32.1 Å². The van der Waals surface area contributed by atoms with E-state index in [0.29, 0.717) is 5.78 Å². The summed E-state index contributed by atoms with van der Waals surface area (Å²) in [7, 11) is 0. The molecule has 0 bridgehead atoms. The van der Waals surface area contributed by atoms with Crippen LogP contribution in [0.2, 0.25) is 0 Å². The molecular formula is C16H20Br2O. The first-order valence-corrected chi connectivity index (χ1v) is 8.68. The largest absolute Gasteiger partial charge is 0.294 e. The monoisotopic (exact) mass is 386 g/mol. The van der Waals surface area contributed by atoms with Crippen molar-refractivity contribution in [2.24, 2.45) is 5.92 Å². The van der Waals surface area contributed by atoms with E-state index in [-0.39, 0.29) is 5.92 Å². The van der Waals surface area contributed by atoms with E-state index < -0.39 is 0 Å². The van der Waals surface area contributed by atoms with Gasteiger partial charge in [0, 0.05) is 20.4 Å². The van der Waals surface area contributed by atoms with Gasteiger partial charge < -0.3 is 0 Å². The van der Waals surface area contributed by atoms with Gasteiger partial charge in [0.05, 0.1) is 0 Å². The maximum atomic E-state index is 12.7. The van der Waals surface area contributed by atoms with Crippen molar-refractivity contribution < 1.29 is 4.79 Å². The van der Waals surface area contributed by atoms with Crippen LogP contribution in [0.4, 0.5) is 0 Å². The summed E-state index contributed by atoms with van der Waals surface area (Å²) in [6, 6.07) is 4.00. The third-order valence-corrected chi connectivity index (χ3v) is 5.50. The first-order chi connectivity index (χ1) is 9.09. The van der Waals surface area contributed by atoms with Gasteiger partial charge in [-0.2, -0.15) is 0 Å². The Morgan fingerprint density at radius 1 is 1.00 bits per heavy atom. The number of carbonyl (C=O) groups is 1. The molecule has 2 rings (SSSR count). The Morgan fingerprint density at radius 3 is 2.21 bits per heavy atom. The van der Waals surface area contributed by atoms with Crippen LogP contribution in [0.1, 0.15) is 60.9 Å². The summed E-state index contributed by atoms with van der Waals surface area (Å²) < 4.78 is 1.95. The van der Waals surface area contributed by atoms with Crippen LogP contribution in [-0.2, 0) is 0 Å². The van der Waals surface area contributed by atoms with Gasteiger partial charge in [0.2, 0.25) is 0 Å². The summed E-state index contributed by atoms with van der Waals surface area (Å²) >= 11 is 7.07.